The average molecular weight is 230 g/mol. The third-order valence-electron chi connectivity index (χ3n) is 2.20. The van der Waals surface area contributed by atoms with Crippen molar-refractivity contribution in [3.05, 3.63) is 0 Å². The fraction of sp³-hybridized carbons (Fsp3) is 0.818. The van der Waals surface area contributed by atoms with Gasteiger partial charge < -0.3 is 15.0 Å². The second-order valence-electron chi connectivity index (χ2n) is 3.28. The maximum Gasteiger partial charge on any atom is 0.311 e. The molecule has 0 saturated heterocycles. The number of amides is 2. The monoisotopic (exact) mass is 230 g/mol. The summed E-state index contributed by atoms with van der Waals surface area (Å²) < 4.78 is 5.12. The van der Waals surface area contributed by atoms with Gasteiger partial charge in [0, 0.05) is 32.8 Å². The molecule has 2 amide bonds. The van der Waals surface area contributed by atoms with Crippen LogP contribution in [0.5, 0.6) is 0 Å². The summed E-state index contributed by atoms with van der Waals surface area (Å²) in [5.74, 6) is -0.985. The molecule has 0 rings (SSSR count). The quantitative estimate of drug-likeness (QED) is 0.508. The molecule has 1 N–H and O–H groups in total. The van der Waals surface area contributed by atoms with Gasteiger partial charge in [0.1, 0.15) is 0 Å². The van der Waals surface area contributed by atoms with E-state index in [1.807, 2.05) is 20.8 Å². The molecule has 0 aromatic heterocycles. The van der Waals surface area contributed by atoms with E-state index in [1.165, 1.54) is 4.90 Å². The van der Waals surface area contributed by atoms with Gasteiger partial charge in [-0.15, -0.1) is 0 Å². The minimum absolute atomic E-state index is 0.457. The van der Waals surface area contributed by atoms with E-state index in [9.17, 15) is 9.59 Å². The normalized spacial score (nSPS) is 9.94. The van der Waals surface area contributed by atoms with Crippen molar-refractivity contribution in [2.75, 3.05) is 32.8 Å². The molecule has 0 aromatic rings. The number of hydrogen-bond donors (Lipinski definition) is 1. The van der Waals surface area contributed by atoms with Crippen molar-refractivity contribution >= 4 is 11.8 Å². The second kappa shape index (κ2) is 9.15. The highest BCUT2D eigenvalue weighted by molar-refractivity contribution is 6.34. The molecule has 16 heavy (non-hydrogen) atoms. The number of ether oxygens (including phenoxy) is 1. The molecule has 0 aromatic carbocycles. The lowest BCUT2D eigenvalue weighted by Crippen LogP contribution is -2.43. The van der Waals surface area contributed by atoms with Gasteiger partial charge >= 0.3 is 11.8 Å². The highest BCUT2D eigenvalue weighted by atomic mass is 16.5. The highest BCUT2D eigenvalue weighted by Crippen LogP contribution is 1.89. The Kier molecular flexibility index (Phi) is 8.52. The Bertz CT molecular complexity index is 215. The van der Waals surface area contributed by atoms with Crippen LogP contribution in [0.15, 0.2) is 0 Å². The summed E-state index contributed by atoms with van der Waals surface area (Å²) in [5.41, 5.74) is 0. The molecule has 0 radical (unpaired) electrons. The van der Waals surface area contributed by atoms with E-state index >= 15 is 0 Å². The zero-order valence-electron chi connectivity index (χ0n) is 10.4. The lowest BCUT2D eigenvalue weighted by atomic mass is 10.4. The lowest BCUT2D eigenvalue weighted by molar-refractivity contribution is -0.145. The Balaban J connectivity index is 3.75. The van der Waals surface area contributed by atoms with Gasteiger partial charge in [-0.3, -0.25) is 9.59 Å². The number of carbonyl (C=O) groups is 2. The van der Waals surface area contributed by atoms with Crippen LogP contribution in [0.2, 0.25) is 0 Å². The fourth-order valence-corrected chi connectivity index (χ4v) is 1.25. The van der Waals surface area contributed by atoms with E-state index in [1.54, 1.807) is 0 Å². The molecule has 0 aliphatic carbocycles. The minimum atomic E-state index is -0.528. The van der Waals surface area contributed by atoms with Gasteiger partial charge in [-0.25, -0.2) is 0 Å². The number of hydrogen-bond acceptors (Lipinski definition) is 3. The minimum Gasteiger partial charge on any atom is -0.382 e. The molecule has 5 heteroatoms. The van der Waals surface area contributed by atoms with Crippen LogP contribution in [0.3, 0.4) is 0 Å². The molecular formula is C11H22N2O3. The Labute approximate surface area is 97.1 Å². The maximum absolute atomic E-state index is 11.5. The fourth-order valence-electron chi connectivity index (χ4n) is 1.25. The van der Waals surface area contributed by atoms with Crippen molar-refractivity contribution in [2.45, 2.75) is 27.2 Å². The maximum atomic E-state index is 11.5. The third kappa shape index (κ3) is 5.70. The Morgan fingerprint density at radius 2 is 1.81 bits per heavy atom. The van der Waals surface area contributed by atoms with Crippen molar-refractivity contribution in [3.63, 3.8) is 0 Å². The molecule has 5 nitrogen and oxygen atoms in total. The van der Waals surface area contributed by atoms with E-state index in [0.717, 1.165) is 6.42 Å². The summed E-state index contributed by atoms with van der Waals surface area (Å²) in [5, 5.41) is 2.58. The SMILES string of the molecule is CCOCCCNC(=O)C(=O)N(CC)CC. The summed E-state index contributed by atoms with van der Waals surface area (Å²) >= 11 is 0. The van der Waals surface area contributed by atoms with Gasteiger partial charge in [-0.05, 0) is 27.2 Å². The average Bonchev–Trinajstić information content (AvgIpc) is 2.30. The molecule has 0 unspecified atom stereocenters. The summed E-state index contributed by atoms with van der Waals surface area (Å²) in [6.07, 6.45) is 0.727. The van der Waals surface area contributed by atoms with Gasteiger partial charge in [0.15, 0.2) is 0 Å². The number of likely N-dealkylation sites (N-methyl/N-ethyl adjacent to an activating group) is 1. The van der Waals surface area contributed by atoms with E-state index in [0.29, 0.717) is 32.8 Å². The number of carbonyl (C=O) groups excluding carboxylic acids is 2. The molecule has 0 aliphatic heterocycles. The van der Waals surface area contributed by atoms with E-state index in [2.05, 4.69) is 5.32 Å². The first kappa shape index (κ1) is 14.9. The zero-order valence-corrected chi connectivity index (χ0v) is 10.4. The van der Waals surface area contributed by atoms with Crippen LogP contribution >= 0.6 is 0 Å². The van der Waals surface area contributed by atoms with Gasteiger partial charge in [0.2, 0.25) is 0 Å². The van der Waals surface area contributed by atoms with Crippen LogP contribution < -0.4 is 5.32 Å². The zero-order chi connectivity index (χ0) is 12.4. The van der Waals surface area contributed by atoms with Gasteiger partial charge in [0.25, 0.3) is 0 Å². The first-order valence-corrected chi connectivity index (χ1v) is 5.82. The number of rotatable bonds is 7. The van der Waals surface area contributed by atoms with Crippen LogP contribution in [-0.4, -0.2) is 49.6 Å². The molecule has 0 saturated carbocycles. The second-order valence-corrected chi connectivity index (χ2v) is 3.28. The van der Waals surface area contributed by atoms with Crippen molar-refractivity contribution in [1.29, 1.82) is 0 Å². The molecule has 0 atom stereocenters. The Hall–Kier alpha value is -1.10. The predicted octanol–water partition coefficient (Wildman–Crippen LogP) is 0.398. The van der Waals surface area contributed by atoms with Crippen molar-refractivity contribution < 1.29 is 14.3 Å². The molecule has 0 heterocycles. The number of nitrogens with zero attached hydrogens (tertiary/aromatic N) is 1. The van der Waals surface area contributed by atoms with Crippen molar-refractivity contribution in [2.24, 2.45) is 0 Å². The van der Waals surface area contributed by atoms with Crippen LogP contribution in [0.4, 0.5) is 0 Å². The Morgan fingerprint density at radius 3 is 2.31 bits per heavy atom. The lowest BCUT2D eigenvalue weighted by Gasteiger charge is -2.17. The molecule has 0 fully saturated rings. The predicted molar refractivity (Wildman–Crippen MR) is 62.0 cm³/mol. The number of nitrogens with one attached hydrogen (secondary N) is 1. The molecule has 0 spiro atoms. The van der Waals surface area contributed by atoms with E-state index < -0.39 is 11.8 Å². The molecular weight excluding hydrogens is 208 g/mol. The van der Waals surface area contributed by atoms with E-state index in [-0.39, 0.29) is 0 Å². The van der Waals surface area contributed by atoms with E-state index in [4.69, 9.17) is 4.74 Å². The van der Waals surface area contributed by atoms with Gasteiger partial charge in [-0.1, -0.05) is 0 Å². The largest absolute Gasteiger partial charge is 0.382 e. The first-order chi connectivity index (χ1) is 7.67. The standard InChI is InChI=1S/C11H22N2O3/c1-4-13(5-2)11(15)10(14)12-8-7-9-16-6-3/h4-9H2,1-3H3,(H,12,14). The van der Waals surface area contributed by atoms with Crippen LogP contribution in [0, 0.1) is 0 Å². The molecule has 0 aliphatic rings. The smallest absolute Gasteiger partial charge is 0.311 e. The summed E-state index contributed by atoms with van der Waals surface area (Å²) in [6.45, 7) is 8.49. The molecule has 94 valence electrons. The Morgan fingerprint density at radius 1 is 1.19 bits per heavy atom. The van der Waals surface area contributed by atoms with Crippen LogP contribution in [-0.2, 0) is 14.3 Å². The van der Waals surface area contributed by atoms with Crippen molar-refractivity contribution in [1.82, 2.24) is 10.2 Å². The van der Waals surface area contributed by atoms with Crippen LogP contribution in [0.1, 0.15) is 27.2 Å². The third-order valence-corrected chi connectivity index (χ3v) is 2.20. The van der Waals surface area contributed by atoms with Gasteiger partial charge in [-0.2, -0.15) is 0 Å². The topological polar surface area (TPSA) is 58.6 Å². The van der Waals surface area contributed by atoms with Crippen molar-refractivity contribution in [3.8, 4) is 0 Å². The summed E-state index contributed by atoms with van der Waals surface area (Å²) in [6, 6.07) is 0. The first-order valence-electron chi connectivity index (χ1n) is 5.82. The van der Waals surface area contributed by atoms with Gasteiger partial charge in [0.05, 0.1) is 0 Å². The van der Waals surface area contributed by atoms with Crippen LogP contribution in [0.25, 0.3) is 0 Å². The highest BCUT2D eigenvalue weighted by Gasteiger charge is 2.18. The molecule has 0 bridgehead atoms. The summed E-state index contributed by atoms with van der Waals surface area (Å²) in [4.78, 5) is 24.4. The summed E-state index contributed by atoms with van der Waals surface area (Å²) in [7, 11) is 0.